The van der Waals surface area contributed by atoms with Gasteiger partial charge in [0.15, 0.2) is 5.69 Å². The third-order valence-corrected chi connectivity index (χ3v) is 3.39. The van der Waals surface area contributed by atoms with Gasteiger partial charge in [0.25, 0.3) is 0 Å². The predicted octanol–water partition coefficient (Wildman–Crippen LogP) is 1.14. The normalized spacial score (nSPS) is 14.5. The zero-order valence-electron chi connectivity index (χ0n) is 10.9. The van der Waals surface area contributed by atoms with E-state index < -0.39 is 11.4 Å². The quantitative estimate of drug-likeness (QED) is 0.832. The van der Waals surface area contributed by atoms with Crippen LogP contribution in [-0.4, -0.2) is 36.6 Å². The molecule has 0 aromatic carbocycles. The summed E-state index contributed by atoms with van der Waals surface area (Å²) in [6.45, 7) is 5.37. The summed E-state index contributed by atoms with van der Waals surface area (Å²) in [7, 11) is 0. The number of rotatable bonds is 5. The fraction of sp³-hybridized carbons (Fsp3) is 0.545. The second kappa shape index (κ2) is 4.79. The molecule has 0 aliphatic rings. The molecule has 0 radical (unpaired) electrons. The molecule has 2 N–H and O–H groups in total. The molecule has 2 heterocycles. The van der Waals surface area contributed by atoms with Crippen molar-refractivity contribution in [3.63, 3.8) is 0 Å². The van der Waals surface area contributed by atoms with Gasteiger partial charge in [-0.25, -0.2) is 0 Å². The van der Waals surface area contributed by atoms with Gasteiger partial charge >= 0.3 is 5.97 Å². The topological polar surface area (TPSA) is 118 Å². The lowest BCUT2D eigenvalue weighted by atomic mass is 9.76. The van der Waals surface area contributed by atoms with Crippen LogP contribution in [0.3, 0.4) is 0 Å². The van der Waals surface area contributed by atoms with Gasteiger partial charge in [0, 0.05) is 6.42 Å². The van der Waals surface area contributed by atoms with Crippen LogP contribution in [0.1, 0.15) is 26.7 Å². The highest BCUT2D eigenvalue weighted by Crippen LogP contribution is 2.31. The third kappa shape index (κ3) is 2.47. The molecule has 0 bridgehead atoms. The van der Waals surface area contributed by atoms with Crippen LogP contribution in [0.5, 0.6) is 0 Å². The number of H-pyrrole nitrogens is 1. The van der Waals surface area contributed by atoms with E-state index in [4.69, 9.17) is 4.52 Å². The van der Waals surface area contributed by atoms with E-state index >= 15 is 0 Å². The fourth-order valence-electron chi connectivity index (χ4n) is 1.58. The molecule has 8 heteroatoms. The largest absolute Gasteiger partial charge is 0.481 e. The summed E-state index contributed by atoms with van der Waals surface area (Å²) in [5.74, 6) is -0.382. The smallest absolute Gasteiger partial charge is 0.310 e. The van der Waals surface area contributed by atoms with Gasteiger partial charge < -0.3 is 9.63 Å². The molecule has 0 saturated carbocycles. The van der Waals surface area contributed by atoms with Gasteiger partial charge in [0.1, 0.15) is 0 Å². The molecule has 1 atom stereocenters. The summed E-state index contributed by atoms with van der Waals surface area (Å²) < 4.78 is 5.08. The van der Waals surface area contributed by atoms with Crippen molar-refractivity contribution in [3.8, 4) is 11.5 Å². The lowest BCUT2D eigenvalue weighted by Crippen LogP contribution is -2.35. The molecule has 2 aromatic rings. The molecule has 0 amide bonds. The first kappa shape index (κ1) is 13.2. The second-order valence-corrected chi connectivity index (χ2v) is 4.92. The van der Waals surface area contributed by atoms with Crippen LogP contribution in [0.4, 0.5) is 0 Å². The molecule has 0 aliphatic heterocycles. The van der Waals surface area contributed by atoms with Crippen LogP contribution in [0.2, 0.25) is 0 Å². The molecule has 19 heavy (non-hydrogen) atoms. The van der Waals surface area contributed by atoms with Crippen molar-refractivity contribution < 1.29 is 14.4 Å². The van der Waals surface area contributed by atoms with Crippen LogP contribution in [-0.2, 0) is 11.2 Å². The predicted molar refractivity (Wildman–Crippen MR) is 64.0 cm³/mol. The Bertz CT molecular complexity index is 563. The third-order valence-electron chi connectivity index (χ3n) is 3.39. The number of aromatic amines is 1. The van der Waals surface area contributed by atoms with Gasteiger partial charge in [-0.1, -0.05) is 19.0 Å². The minimum absolute atomic E-state index is 0.0626. The fourth-order valence-corrected chi connectivity index (χ4v) is 1.58. The molecule has 0 spiro atoms. The minimum atomic E-state index is -0.951. The van der Waals surface area contributed by atoms with Crippen LogP contribution in [0, 0.1) is 11.3 Å². The summed E-state index contributed by atoms with van der Waals surface area (Å²) >= 11 is 0. The van der Waals surface area contributed by atoms with E-state index in [1.807, 2.05) is 13.8 Å². The Morgan fingerprint density at radius 2 is 2.32 bits per heavy atom. The van der Waals surface area contributed by atoms with Gasteiger partial charge in [-0.15, -0.1) is 0 Å². The Morgan fingerprint density at radius 3 is 2.84 bits per heavy atom. The maximum Gasteiger partial charge on any atom is 0.310 e. The van der Waals surface area contributed by atoms with Gasteiger partial charge in [0.05, 0.1) is 11.6 Å². The standard InChI is InChI=1S/C11H15N5O3/c1-6(2)11(3,10(17)18)4-8-13-9(15-19-8)7-5-12-16-14-7/h5-6H,4H2,1-3H3,(H,17,18)(H,12,14,16). The van der Waals surface area contributed by atoms with Gasteiger partial charge in [-0.2, -0.15) is 20.4 Å². The molecule has 8 nitrogen and oxygen atoms in total. The van der Waals surface area contributed by atoms with Crippen molar-refractivity contribution in [2.75, 3.05) is 0 Å². The number of aliphatic carboxylic acids is 1. The monoisotopic (exact) mass is 265 g/mol. The molecule has 0 saturated heterocycles. The van der Waals surface area contributed by atoms with E-state index in [0.29, 0.717) is 11.5 Å². The highest BCUT2D eigenvalue weighted by Gasteiger charge is 2.38. The van der Waals surface area contributed by atoms with Gasteiger partial charge in [-0.05, 0) is 12.8 Å². The molecule has 0 aliphatic carbocycles. The van der Waals surface area contributed by atoms with Crippen LogP contribution in [0.25, 0.3) is 11.5 Å². The number of hydrogen-bond acceptors (Lipinski definition) is 6. The Kier molecular flexibility index (Phi) is 3.32. The highest BCUT2D eigenvalue weighted by atomic mass is 16.5. The SMILES string of the molecule is CC(C)C(C)(Cc1nc(-c2cn[nH]n2)no1)C(=O)O. The average molecular weight is 265 g/mol. The number of hydrogen-bond donors (Lipinski definition) is 2. The Hall–Kier alpha value is -2.25. The maximum absolute atomic E-state index is 11.4. The van der Waals surface area contributed by atoms with Crippen LogP contribution >= 0.6 is 0 Å². The van der Waals surface area contributed by atoms with E-state index in [2.05, 4.69) is 25.6 Å². The van der Waals surface area contributed by atoms with E-state index in [1.165, 1.54) is 6.20 Å². The number of carboxylic acids is 1. The van der Waals surface area contributed by atoms with Crippen molar-refractivity contribution in [3.05, 3.63) is 12.1 Å². The maximum atomic E-state index is 11.4. The zero-order chi connectivity index (χ0) is 14.0. The number of nitrogens with zero attached hydrogens (tertiary/aromatic N) is 4. The highest BCUT2D eigenvalue weighted by molar-refractivity contribution is 5.74. The molecule has 102 valence electrons. The summed E-state index contributed by atoms with van der Waals surface area (Å²) in [6, 6.07) is 0. The van der Waals surface area contributed by atoms with Gasteiger partial charge in [0.2, 0.25) is 11.7 Å². The first-order valence-electron chi connectivity index (χ1n) is 5.85. The van der Waals surface area contributed by atoms with Crippen LogP contribution in [0.15, 0.2) is 10.7 Å². The van der Waals surface area contributed by atoms with E-state index in [9.17, 15) is 9.90 Å². The summed E-state index contributed by atoms with van der Waals surface area (Å²) in [4.78, 5) is 15.5. The van der Waals surface area contributed by atoms with Crippen molar-refractivity contribution in [2.45, 2.75) is 27.2 Å². The summed E-state index contributed by atoms with van der Waals surface area (Å²) in [6.07, 6.45) is 1.64. The Morgan fingerprint density at radius 1 is 1.58 bits per heavy atom. The molecule has 2 aromatic heterocycles. The van der Waals surface area contributed by atoms with Crippen molar-refractivity contribution in [1.82, 2.24) is 25.6 Å². The van der Waals surface area contributed by atoms with E-state index in [1.54, 1.807) is 6.92 Å². The molecular weight excluding hydrogens is 250 g/mol. The second-order valence-electron chi connectivity index (χ2n) is 4.92. The number of carbonyl (C=O) groups is 1. The number of aromatic nitrogens is 5. The molecular formula is C11H15N5O3. The summed E-state index contributed by atoms with van der Waals surface area (Å²) in [5, 5.41) is 23.0. The molecule has 2 rings (SSSR count). The van der Waals surface area contributed by atoms with Crippen LogP contribution < -0.4 is 0 Å². The lowest BCUT2D eigenvalue weighted by molar-refractivity contribution is -0.150. The Labute approximate surface area is 109 Å². The average Bonchev–Trinajstić information content (AvgIpc) is 2.97. The van der Waals surface area contributed by atoms with E-state index in [0.717, 1.165) is 0 Å². The Balaban J connectivity index is 2.22. The van der Waals surface area contributed by atoms with Crippen molar-refractivity contribution >= 4 is 5.97 Å². The molecule has 1 unspecified atom stereocenters. The number of nitrogens with one attached hydrogen (secondary N) is 1. The number of carboxylic acid groups (broad SMARTS) is 1. The lowest BCUT2D eigenvalue weighted by Gasteiger charge is -2.27. The molecule has 0 fully saturated rings. The van der Waals surface area contributed by atoms with Gasteiger partial charge in [-0.3, -0.25) is 4.79 Å². The van der Waals surface area contributed by atoms with E-state index in [-0.39, 0.29) is 18.2 Å². The first-order valence-corrected chi connectivity index (χ1v) is 5.85. The summed E-state index contributed by atoms with van der Waals surface area (Å²) in [5.41, 5.74) is -0.496. The minimum Gasteiger partial charge on any atom is -0.481 e. The first-order chi connectivity index (χ1) is 8.93. The van der Waals surface area contributed by atoms with Crippen molar-refractivity contribution in [1.29, 1.82) is 0 Å². The van der Waals surface area contributed by atoms with Crippen molar-refractivity contribution in [2.24, 2.45) is 11.3 Å². The zero-order valence-corrected chi connectivity index (χ0v) is 10.9.